The molecule has 7 heteroatoms. The minimum absolute atomic E-state index is 0.333. The Balaban J connectivity index is -0.0000000750. The lowest BCUT2D eigenvalue weighted by Crippen LogP contribution is -2.20. The number of nitriles is 2. The zero-order valence-corrected chi connectivity index (χ0v) is 5.20. The highest BCUT2D eigenvalue weighted by atomic mass is 14.9. The number of rotatable bonds is 0. The van der Waals surface area contributed by atoms with E-state index in [0.29, 0.717) is 0 Å². The van der Waals surface area contributed by atoms with Gasteiger partial charge in [-0.1, -0.05) is 0 Å². The molecule has 0 fully saturated rings. The Bertz CT molecular complexity index is 120. The van der Waals surface area contributed by atoms with E-state index >= 15 is 0 Å². The van der Waals surface area contributed by atoms with E-state index in [-0.39, 0.29) is 5.96 Å². The van der Waals surface area contributed by atoms with E-state index in [1.54, 1.807) is 0 Å². The minimum Gasteiger partial charge on any atom is -0.370 e. The topological polar surface area (TPSA) is 176 Å². The Hall–Kier alpha value is -2.15. The van der Waals surface area contributed by atoms with Gasteiger partial charge in [0.05, 0.1) is 0 Å². The summed E-state index contributed by atoms with van der Waals surface area (Å²) >= 11 is 0. The van der Waals surface area contributed by atoms with Crippen LogP contribution in [0.25, 0.3) is 0 Å². The fourth-order valence-corrected chi connectivity index (χ4v) is 0. The Morgan fingerprint density at radius 3 is 1.10 bits per heavy atom. The summed E-state index contributed by atoms with van der Waals surface area (Å²) in [6, 6.07) is 0. The van der Waals surface area contributed by atoms with Gasteiger partial charge in [0.25, 0.3) is 0 Å². The first-order chi connectivity index (χ1) is 4.56. The number of nitrogens with two attached hydrogens (primary N) is 4. The maximum Gasteiger partial charge on any atom is 0.183 e. The summed E-state index contributed by atoms with van der Waals surface area (Å²) < 4.78 is 0. The first kappa shape index (κ1) is 15.7. The molecule has 56 valence electrons. The molecule has 10 heavy (non-hydrogen) atoms. The highest BCUT2D eigenvalue weighted by Gasteiger charge is 1.52. The quantitative estimate of drug-likeness (QED) is 0.110. The lowest BCUT2D eigenvalue weighted by Gasteiger charge is -1.69. The summed E-state index contributed by atoms with van der Waals surface area (Å²) in [5, 5.41) is 20.2. The fourth-order valence-electron chi connectivity index (χ4n) is 0. The van der Waals surface area contributed by atoms with Crippen LogP contribution in [0.5, 0.6) is 0 Å². The van der Waals surface area contributed by atoms with E-state index in [9.17, 15) is 0 Å². The Labute approximate surface area is 58.3 Å². The summed E-state index contributed by atoms with van der Waals surface area (Å²) in [5.74, 6) is -0.333. The molecule has 0 aliphatic carbocycles. The van der Waals surface area contributed by atoms with E-state index in [1.165, 1.54) is 12.4 Å². The molecule has 0 bridgehead atoms. The van der Waals surface area contributed by atoms with Crippen molar-refractivity contribution in [1.82, 2.24) is 0 Å². The van der Waals surface area contributed by atoms with Crippen molar-refractivity contribution in [3.63, 3.8) is 0 Å². The molecule has 0 saturated carbocycles. The predicted octanol–water partition coefficient (Wildman–Crippen LogP) is -2.31. The number of guanidine groups is 1. The minimum atomic E-state index is -0.333. The van der Waals surface area contributed by atoms with Crippen molar-refractivity contribution in [2.45, 2.75) is 0 Å². The molecule has 7 nitrogen and oxygen atoms in total. The molecule has 0 aromatic rings. The third-order valence-electron chi connectivity index (χ3n) is 0. The molecule has 0 radical (unpaired) electrons. The summed E-state index contributed by atoms with van der Waals surface area (Å²) in [4.78, 5) is 0. The van der Waals surface area contributed by atoms with E-state index < -0.39 is 0 Å². The van der Waals surface area contributed by atoms with Crippen molar-refractivity contribution in [3.05, 3.63) is 0 Å². The van der Waals surface area contributed by atoms with E-state index in [1.807, 2.05) is 0 Å². The Kier molecular flexibility index (Phi) is 45.2. The Morgan fingerprint density at radius 1 is 1.10 bits per heavy atom. The zero-order chi connectivity index (χ0) is 8.99. The molecule has 9 N–H and O–H groups in total. The van der Waals surface area contributed by atoms with Gasteiger partial charge in [0.15, 0.2) is 18.3 Å². The van der Waals surface area contributed by atoms with Gasteiger partial charge in [0, 0.05) is 0 Å². The third-order valence-corrected chi connectivity index (χ3v) is 0. The molecule has 0 aromatic carbocycles. The predicted molar refractivity (Wildman–Crippen MR) is 35.7 cm³/mol. The van der Waals surface area contributed by atoms with Crippen LogP contribution in [-0.2, 0) is 0 Å². The maximum atomic E-state index is 7.10. The monoisotopic (exact) mass is 143 g/mol. The second-order valence-corrected chi connectivity index (χ2v) is 0.714. The summed E-state index contributed by atoms with van der Waals surface area (Å²) in [7, 11) is 0. The van der Waals surface area contributed by atoms with Crippen LogP contribution in [0.15, 0.2) is 0 Å². The SMILES string of the molecule is N#CN.N#CN.N=C(N)N. The number of hydrogen-bond donors (Lipinski definition) is 5. The van der Waals surface area contributed by atoms with Gasteiger partial charge in [-0.25, -0.2) is 0 Å². The van der Waals surface area contributed by atoms with Gasteiger partial charge >= 0.3 is 0 Å². The average Bonchev–Trinajstić information content (AvgIpc) is 1.65. The van der Waals surface area contributed by atoms with Crippen LogP contribution in [0.4, 0.5) is 0 Å². The molecule has 0 unspecified atom stereocenters. The molecule has 0 heterocycles. The van der Waals surface area contributed by atoms with E-state index in [2.05, 4.69) is 22.9 Å². The smallest absolute Gasteiger partial charge is 0.183 e. The second-order valence-electron chi connectivity index (χ2n) is 0.714. The van der Waals surface area contributed by atoms with E-state index in [4.69, 9.17) is 15.9 Å². The normalized spacial score (nSPS) is 3.80. The van der Waals surface area contributed by atoms with Gasteiger partial charge in [-0.05, 0) is 0 Å². The first-order valence-corrected chi connectivity index (χ1v) is 1.85. The number of hydrogen-bond acceptors (Lipinski definition) is 5. The van der Waals surface area contributed by atoms with Crippen LogP contribution in [-0.4, -0.2) is 5.96 Å². The summed E-state index contributed by atoms with van der Waals surface area (Å²) in [6.45, 7) is 0. The van der Waals surface area contributed by atoms with Crippen molar-refractivity contribution in [2.24, 2.45) is 22.9 Å². The number of nitrogens with zero attached hydrogens (tertiary/aromatic N) is 2. The van der Waals surface area contributed by atoms with Crippen molar-refractivity contribution >= 4 is 5.96 Å². The highest BCUT2D eigenvalue weighted by Crippen LogP contribution is 1.13. The Morgan fingerprint density at radius 2 is 1.10 bits per heavy atom. The average molecular weight is 143 g/mol. The van der Waals surface area contributed by atoms with Crippen LogP contribution in [0.1, 0.15) is 0 Å². The molecular formula is C3H9N7. The fraction of sp³-hybridized carbons (Fsp3) is 0. The van der Waals surface area contributed by atoms with Gasteiger partial charge in [0.2, 0.25) is 0 Å². The largest absolute Gasteiger partial charge is 0.370 e. The van der Waals surface area contributed by atoms with Gasteiger partial charge in [-0.3, -0.25) is 5.41 Å². The van der Waals surface area contributed by atoms with Crippen LogP contribution >= 0.6 is 0 Å². The first-order valence-electron chi connectivity index (χ1n) is 1.85. The van der Waals surface area contributed by atoms with Crippen LogP contribution in [0.2, 0.25) is 0 Å². The third kappa shape index (κ3) is 29.8. The highest BCUT2D eigenvalue weighted by molar-refractivity contribution is 5.71. The molecule has 0 saturated heterocycles. The van der Waals surface area contributed by atoms with Crippen LogP contribution < -0.4 is 22.9 Å². The standard InChI is InChI=1S/CH5N3.2CH2N2/c2-1(3)4;2*2-1-3/h(H5,2,3,4);2*2H2. The number of nitrogens with one attached hydrogen (secondary N) is 1. The molecule has 0 aliphatic heterocycles. The van der Waals surface area contributed by atoms with Gasteiger partial charge in [-0.2, -0.15) is 10.5 Å². The maximum absolute atomic E-state index is 7.10. The van der Waals surface area contributed by atoms with Crippen molar-refractivity contribution in [1.29, 1.82) is 15.9 Å². The molecular weight excluding hydrogens is 134 g/mol. The lowest BCUT2D eigenvalue weighted by atomic mass is 11.1. The van der Waals surface area contributed by atoms with Crippen molar-refractivity contribution in [3.8, 4) is 12.4 Å². The molecule has 0 atom stereocenters. The second kappa shape index (κ2) is 28.9. The van der Waals surface area contributed by atoms with Crippen molar-refractivity contribution in [2.75, 3.05) is 0 Å². The lowest BCUT2D eigenvalue weighted by molar-refractivity contribution is 1.39. The zero-order valence-electron chi connectivity index (χ0n) is 5.20. The molecule has 0 spiro atoms. The summed E-state index contributed by atoms with van der Waals surface area (Å²) in [6.07, 6.45) is 2.50. The molecule has 0 rings (SSSR count). The van der Waals surface area contributed by atoms with Gasteiger partial charge in [0.1, 0.15) is 0 Å². The van der Waals surface area contributed by atoms with Gasteiger partial charge < -0.3 is 22.9 Å². The molecule has 0 aliphatic rings. The molecule has 0 amide bonds. The van der Waals surface area contributed by atoms with Gasteiger partial charge in [-0.15, -0.1) is 0 Å². The summed E-state index contributed by atoms with van der Waals surface area (Å²) in [5.41, 5.74) is 17.2. The van der Waals surface area contributed by atoms with Crippen LogP contribution in [0.3, 0.4) is 0 Å². The molecule has 0 aromatic heterocycles. The van der Waals surface area contributed by atoms with Crippen LogP contribution in [0, 0.1) is 28.3 Å². The van der Waals surface area contributed by atoms with E-state index in [0.717, 1.165) is 0 Å². The van der Waals surface area contributed by atoms with Crippen molar-refractivity contribution < 1.29 is 0 Å².